The second kappa shape index (κ2) is 4.98. The average molecular weight is 248 g/mol. The van der Waals surface area contributed by atoms with Crippen LogP contribution in [0.3, 0.4) is 0 Å². The topological polar surface area (TPSA) is 41.6 Å². The van der Waals surface area contributed by atoms with Crippen molar-refractivity contribution in [3.8, 4) is 5.75 Å². The van der Waals surface area contributed by atoms with Crippen LogP contribution in [0.4, 0.5) is 5.69 Å². The summed E-state index contributed by atoms with van der Waals surface area (Å²) >= 11 is 0. The minimum Gasteiger partial charge on any atom is -0.497 e. The lowest BCUT2D eigenvalue weighted by Crippen LogP contribution is -2.48. The van der Waals surface area contributed by atoms with E-state index >= 15 is 0 Å². The minimum atomic E-state index is -0.171. The number of hydrogen-bond donors (Lipinski definition) is 1. The first-order chi connectivity index (χ1) is 8.54. The van der Waals surface area contributed by atoms with Crippen LogP contribution in [-0.4, -0.2) is 31.6 Å². The molecular weight excluding hydrogens is 228 g/mol. The summed E-state index contributed by atoms with van der Waals surface area (Å²) in [5.41, 5.74) is 0.754. The van der Waals surface area contributed by atoms with Gasteiger partial charge in [0.1, 0.15) is 5.75 Å². The Bertz CT molecular complexity index is 426. The molecule has 1 aliphatic heterocycles. The highest BCUT2D eigenvalue weighted by Gasteiger charge is 2.33. The quantitative estimate of drug-likeness (QED) is 0.867. The number of methoxy groups -OCH3 is 1. The Balaban J connectivity index is 2.34. The number of amides is 1. The molecule has 18 heavy (non-hydrogen) atoms. The largest absolute Gasteiger partial charge is 0.497 e. The Kier molecular flexibility index (Phi) is 3.57. The van der Waals surface area contributed by atoms with Gasteiger partial charge >= 0.3 is 0 Å². The Morgan fingerprint density at radius 1 is 1.28 bits per heavy atom. The van der Waals surface area contributed by atoms with Gasteiger partial charge in [-0.2, -0.15) is 0 Å². The van der Waals surface area contributed by atoms with Gasteiger partial charge < -0.3 is 15.0 Å². The lowest BCUT2D eigenvalue weighted by atomic mass is 9.97. The first-order valence-corrected chi connectivity index (χ1v) is 6.22. The molecule has 2 rings (SSSR count). The third-order valence-corrected chi connectivity index (χ3v) is 3.38. The van der Waals surface area contributed by atoms with E-state index in [1.165, 1.54) is 0 Å². The van der Waals surface area contributed by atoms with Crippen molar-refractivity contribution in [1.29, 1.82) is 0 Å². The summed E-state index contributed by atoms with van der Waals surface area (Å²) in [5.74, 6) is 0.916. The van der Waals surface area contributed by atoms with E-state index in [-0.39, 0.29) is 11.4 Å². The summed E-state index contributed by atoms with van der Waals surface area (Å²) in [6, 6.07) is 7.64. The van der Waals surface area contributed by atoms with E-state index in [0.717, 1.165) is 24.4 Å². The molecule has 98 valence electrons. The number of hydrogen-bond acceptors (Lipinski definition) is 3. The lowest BCUT2D eigenvalue weighted by molar-refractivity contribution is -0.118. The van der Waals surface area contributed by atoms with Crippen LogP contribution in [0.2, 0.25) is 0 Å². The van der Waals surface area contributed by atoms with Crippen molar-refractivity contribution in [2.45, 2.75) is 25.8 Å². The van der Waals surface area contributed by atoms with Gasteiger partial charge in [-0.1, -0.05) is 0 Å². The SMILES string of the molecule is COc1ccc(N2C(=O)CNCCC2(C)C)cc1. The Morgan fingerprint density at radius 3 is 2.56 bits per heavy atom. The zero-order valence-corrected chi connectivity index (χ0v) is 11.2. The second-order valence-electron chi connectivity index (χ2n) is 5.17. The fourth-order valence-corrected chi connectivity index (χ4v) is 2.34. The molecule has 1 aromatic rings. The van der Waals surface area contributed by atoms with Gasteiger partial charge in [-0.15, -0.1) is 0 Å². The Hall–Kier alpha value is -1.55. The lowest BCUT2D eigenvalue weighted by Gasteiger charge is -2.37. The van der Waals surface area contributed by atoms with Crippen LogP contribution in [0, 0.1) is 0 Å². The molecule has 0 aliphatic carbocycles. The molecule has 1 fully saturated rings. The molecule has 0 bridgehead atoms. The highest BCUT2D eigenvalue weighted by molar-refractivity contribution is 5.96. The van der Waals surface area contributed by atoms with Gasteiger partial charge in [-0.25, -0.2) is 0 Å². The maximum absolute atomic E-state index is 12.2. The molecule has 0 aromatic heterocycles. The summed E-state index contributed by atoms with van der Waals surface area (Å²) in [4.78, 5) is 14.1. The summed E-state index contributed by atoms with van der Waals surface area (Å²) in [5, 5.41) is 3.16. The van der Waals surface area contributed by atoms with Gasteiger partial charge in [-0.3, -0.25) is 4.79 Å². The zero-order chi connectivity index (χ0) is 13.2. The first kappa shape index (κ1) is 12.9. The molecule has 1 saturated heterocycles. The van der Waals surface area contributed by atoms with Crippen molar-refractivity contribution in [2.24, 2.45) is 0 Å². The Morgan fingerprint density at radius 2 is 1.94 bits per heavy atom. The van der Waals surface area contributed by atoms with Gasteiger partial charge in [0.25, 0.3) is 0 Å². The second-order valence-corrected chi connectivity index (χ2v) is 5.17. The van der Waals surface area contributed by atoms with Crippen molar-refractivity contribution in [2.75, 3.05) is 25.1 Å². The molecule has 1 N–H and O–H groups in total. The molecular formula is C14H20N2O2. The van der Waals surface area contributed by atoms with Gasteiger partial charge in [0.2, 0.25) is 5.91 Å². The van der Waals surface area contributed by atoms with Gasteiger partial charge in [0, 0.05) is 11.2 Å². The van der Waals surface area contributed by atoms with Crippen molar-refractivity contribution < 1.29 is 9.53 Å². The summed E-state index contributed by atoms with van der Waals surface area (Å²) in [6.45, 7) is 5.46. The van der Waals surface area contributed by atoms with E-state index in [4.69, 9.17) is 4.74 Å². The van der Waals surface area contributed by atoms with Crippen LogP contribution in [-0.2, 0) is 4.79 Å². The Labute approximate surface area is 108 Å². The number of nitrogens with one attached hydrogen (secondary N) is 1. The molecule has 1 heterocycles. The average Bonchev–Trinajstić information content (AvgIpc) is 2.48. The van der Waals surface area contributed by atoms with Crippen molar-refractivity contribution in [3.05, 3.63) is 24.3 Å². The van der Waals surface area contributed by atoms with Gasteiger partial charge in [0.15, 0.2) is 0 Å². The van der Waals surface area contributed by atoms with Gasteiger partial charge in [-0.05, 0) is 51.1 Å². The molecule has 0 radical (unpaired) electrons. The molecule has 1 aromatic carbocycles. The molecule has 0 atom stereocenters. The van der Waals surface area contributed by atoms with Crippen LogP contribution in [0.15, 0.2) is 24.3 Å². The predicted molar refractivity (Wildman–Crippen MR) is 72.0 cm³/mol. The van der Waals surface area contributed by atoms with Crippen LogP contribution < -0.4 is 15.0 Å². The molecule has 0 unspecified atom stereocenters. The van der Waals surface area contributed by atoms with E-state index in [1.54, 1.807) is 7.11 Å². The van der Waals surface area contributed by atoms with Crippen LogP contribution >= 0.6 is 0 Å². The molecule has 1 aliphatic rings. The van der Waals surface area contributed by atoms with E-state index in [1.807, 2.05) is 29.2 Å². The maximum atomic E-state index is 12.2. The number of carbonyl (C=O) groups is 1. The molecule has 0 spiro atoms. The number of ether oxygens (including phenoxy) is 1. The number of carbonyl (C=O) groups excluding carboxylic acids is 1. The number of benzene rings is 1. The molecule has 0 saturated carbocycles. The molecule has 4 heteroatoms. The zero-order valence-electron chi connectivity index (χ0n) is 11.2. The maximum Gasteiger partial charge on any atom is 0.241 e. The third-order valence-electron chi connectivity index (χ3n) is 3.38. The highest BCUT2D eigenvalue weighted by Crippen LogP contribution is 2.29. The summed E-state index contributed by atoms with van der Waals surface area (Å²) < 4.78 is 5.14. The van der Waals surface area contributed by atoms with Crippen molar-refractivity contribution >= 4 is 11.6 Å². The van der Waals surface area contributed by atoms with Crippen LogP contribution in [0.5, 0.6) is 5.75 Å². The highest BCUT2D eigenvalue weighted by atomic mass is 16.5. The number of anilines is 1. The fourth-order valence-electron chi connectivity index (χ4n) is 2.34. The predicted octanol–water partition coefficient (Wildman–Crippen LogP) is 1.80. The summed E-state index contributed by atoms with van der Waals surface area (Å²) in [7, 11) is 1.64. The number of nitrogens with zero attached hydrogens (tertiary/aromatic N) is 1. The van der Waals surface area contributed by atoms with Crippen LogP contribution in [0.1, 0.15) is 20.3 Å². The van der Waals surface area contributed by atoms with E-state index in [2.05, 4.69) is 19.2 Å². The van der Waals surface area contributed by atoms with Crippen molar-refractivity contribution in [1.82, 2.24) is 5.32 Å². The molecule has 1 amide bonds. The standard InChI is InChI=1S/C14H20N2O2/c1-14(2)8-9-15-10-13(17)16(14)11-4-6-12(18-3)7-5-11/h4-7,15H,8-10H2,1-3H3. The smallest absolute Gasteiger partial charge is 0.241 e. The van der Waals surface area contributed by atoms with Crippen LogP contribution in [0.25, 0.3) is 0 Å². The fraction of sp³-hybridized carbons (Fsp3) is 0.500. The number of rotatable bonds is 2. The minimum absolute atomic E-state index is 0.114. The van der Waals surface area contributed by atoms with E-state index in [9.17, 15) is 4.79 Å². The summed E-state index contributed by atoms with van der Waals surface area (Å²) in [6.07, 6.45) is 0.935. The third kappa shape index (κ3) is 2.48. The first-order valence-electron chi connectivity index (χ1n) is 6.22. The van der Waals surface area contributed by atoms with E-state index in [0.29, 0.717) is 6.54 Å². The monoisotopic (exact) mass is 248 g/mol. The molecule has 4 nitrogen and oxygen atoms in total. The van der Waals surface area contributed by atoms with Crippen molar-refractivity contribution in [3.63, 3.8) is 0 Å². The van der Waals surface area contributed by atoms with Gasteiger partial charge in [0.05, 0.1) is 13.7 Å². The normalized spacial score (nSPS) is 19.5. The van der Waals surface area contributed by atoms with E-state index < -0.39 is 0 Å².